The lowest BCUT2D eigenvalue weighted by atomic mass is 10.1. The molecule has 3 aromatic rings. The summed E-state index contributed by atoms with van der Waals surface area (Å²) >= 11 is 1.36. The third-order valence-electron chi connectivity index (χ3n) is 7.00. The van der Waals surface area contributed by atoms with Gasteiger partial charge in [-0.05, 0) is 44.0 Å². The number of hydrogen-bond donors (Lipinski definition) is 1. The zero-order valence-electron chi connectivity index (χ0n) is 22.9. The molecule has 2 fully saturated rings. The highest BCUT2D eigenvalue weighted by Crippen LogP contribution is 2.33. The molecular weight excluding hydrogens is 564 g/mol. The van der Waals surface area contributed by atoms with Gasteiger partial charge in [0.25, 0.3) is 5.91 Å². The maximum Gasteiger partial charge on any atom is 0.280 e. The van der Waals surface area contributed by atoms with E-state index in [-0.39, 0.29) is 34.4 Å². The van der Waals surface area contributed by atoms with Gasteiger partial charge in [-0.25, -0.2) is 13.4 Å². The van der Waals surface area contributed by atoms with E-state index >= 15 is 0 Å². The first-order chi connectivity index (χ1) is 19.7. The lowest BCUT2D eigenvalue weighted by Crippen LogP contribution is -2.52. The third kappa shape index (κ3) is 7.16. The van der Waals surface area contributed by atoms with Gasteiger partial charge in [-0.1, -0.05) is 23.4 Å². The summed E-state index contributed by atoms with van der Waals surface area (Å²) in [7, 11) is -3.36. The molecule has 1 aliphatic carbocycles. The van der Waals surface area contributed by atoms with Crippen molar-refractivity contribution < 1.29 is 22.8 Å². The minimum atomic E-state index is -3.36. The van der Waals surface area contributed by atoms with Crippen LogP contribution in [0.5, 0.6) is 0 Å². The number of pyridine rings is 1. The summed E-state index contributed by atoms with van der Waals surface area (Å²) in [5.74, 6) is -0.450. The van der Waals surface area contributed by atoms with Crippen molar-refractivity contribution in [2.24, 2.45) is 5.16 Å². The summed E-state index contributed by atoms with van der Waals surface area (Å²) in [6, 6.07) is 11.6. The van der Waals surface area contributed by atoms with Gasteiger partial charge in [0.2, 0.25) is 5.91 Å². The molecule has 1 saturated carbocycles. The van der Waals surface area contributed by atoms with Gasteiger partial charge in [0, 0.05) is 62.0 Å². The van der Waals surface area contributed by atoms with Crippen LogP contribution in [0.15, 0.2) is 64.9 Å². The van der Waals surface area contributed by atoms with E-state index in [1.807, 2.05) is 17.9 Å². The minimum absolute atomic E-state index is 0.0118. The molecule has 1 N–H and O–H groups in total. The minimum Gasteiger partial charge on any atom is -0.389 e. The molecule has 0 spiro atoms. The zero-order chi connectivity index (χ0) is 29.0. The summed E-state index contributed by atoms with van der Waals surface area (Å²) in [6.45, 7) is 6.55. The first kappa shape index (κ1) is 28.8. The first-order valence-electron chi connectivity index (χ1n) is 13.4. The molecule has 216 valence electrons. The van der Waals surface area contributed by atoms with Gasteiger partial charge >= 0.3 is 0 Å². The number of hydrogen-bond acceptors (Lipinski definition) is 10. The Morgan fingerprint density at radius 3 is 2.56 bits per heavy atom. The molecule has 5 rings (SSSR count). The van der Waals surface area contributed by atoms with Gasteiger partial charge < -0.3 is 9.74 Å². The van der Waals surface area contributed by atoms with Crippen LogP contribution in [0.4, 0.5) is 5.13 Å². The van der Waals surface area contributed by atoms with Gasteiger partial charge in [0.15, 0.2) is 27.3 Å². The molecule has 0 unspecified atom stereocenters. The van der Waals surface area contributed by atoms with Crippen molar-refractivity contribution in [3.8, 4) is 0 Å². The van der Waals surface area contributed by atoms with Crippen LogP contribution >= 0.6 is 11.3 Å². The number of thiazole rings is 1. The van der Waals surface area contributed by atoms with E-state index in [0.717, 1.165) is 18.0 Å². The van der Waals surface area contributed by atoms with Crippen molar-refractivity contribution in [1.29, 1.82) is 0 Å². The number of oxime groups is 1. The Kier molecular flexibility index (Phi) is 8.76. The molecule has 13 heteroatoms. The van der Waals surface area contributed by atoms with Crippen LogP contribution in [0, 0.1) is 0 Å². The van der Waals surface area contributed by atoms with E-state index in [0.29, 0.717) is 42.3 Å². The van der Waals surface area contributed by atoms with Crippen molar-refractivity contribution in [2.75, 3.05) is 25.0 Å². The zero-order valence-corrected chi connectivity index (χ0v) is 24.5. The molecule has 2 amide bonds. The van der Waals surface area contributed by atoms with Gasteiger partial charge in [-0.15, -0.1) is 11.3 Å². The monoisotopic (exact) mass is 596 g/mol. The number of nitrogens with one attached hydrogen (secondary N) is 1. The van der Waals surface area contributed by atoms with E-state index in [9.17, 15) is 18.0 Å². The van der Waals surface area contributed by atoms with E-state index in [2.05, 4.69) is 25.3 Å². The predicted octanol–water partition coefficient (Wildman–Crippen LogP) is 3.09. The number of carbonyl (C=O) groups is 2. The van der Waals surface area contributed by atoms with Crippen LogP contribution in [0.1, 0.15) is 42.8 Å². The summed E-state index contributed by atoms with van der Waals surface area (Å²) < 4.78 is 25.2. The maximum atomic E-state index is 13.4. The number of carbonyl (C=O) groups excluding carboxylic acids is 2. The highest BCUT2D eigenvalue weighted by atomic mass is 32.2. The molecule has 0 bridgehead atoms. The Balaban J connectivity index is 1.28. The number of nitrogens with zero attached hydrogens (tertiary/aromatic N) is 5. The number of anilines is 1. The van der Waals surface area contributed by atoms with Crippen LogP contribution in [-0.4, -0.2) is 76.6 Å². The van der Waals surface area contributed by atoms with E-state index in [1.54, 1.807) is 43.6 Å². The van der Waals surface area contributed by atoms with Crippen LogP contribution in [-0.2, 0) is 37.4 Å². The van der Waals surface area contributed by atoms with Crippen LogP contribution in [0.3, 0.4) is 0 Å². The number of rotatable bonds is 10. The van der Waals surface area contributed by atoms with Crippen molar-refractivity contribution in [3.05, 3.63) is 71.0 Å². The number of sulfone groups is 1. The van der Waals surface area contributed by atoms with E-state index in [1.165, 1.54) is 23.5 Å². The fraction of sp³-hybridized carbons (Fsp3) is 0.393. The van der Waals surface area contributed by atoms with Crippen LogP contribution in [0.2, 0.25) is 0 Å². The van der Waals surface area contributed by atoms with Crippen molar-refractivity contribution >= 4 is 43.8 Å². The number of benzene rings is 1. The van der Waals surface area contributed by atoms with Crippen LogP contribution in [0.25, 0.3) is 0 Å². The Morgan fingerprint density at radius 1 is 1.12 bits per heavy atom. The van der Waals surface area contributed by atoms with E-state index < -0.39 is 15.7 Å². The smallest absolute Gasteiger partial charge is 0.280 e. The second-order valence-electron chi connectivity index (χ2n) is 10.2. The molecule has 3 heterocycles. The maximum absolute atomic E-state index is 13.4. The molecule has 1 aromatic carbocycles. The van der Waals surface area contributed by atoms with Crippen molar-refractivity contribution in [2.45, 2.75) is 56.0 Å². The number of amides is 2. The molecule has 2 aliphatic rings. The average Bonchev–Trinajstić information content (AvgIpc) is 3.73. The number of aromatic nitrogens is 2. The van der Waals surface area contributed by atoms with Gasteiger partial charge in [0.1, 0.15) is 0 Å². The summed E-state index contributed by atoms with van der Waals surface area (Å²) in [5, 5.41) is 6.99. The lowest BCUT2D eigenvalue weighted by Gasteiger charge is -2.39. The van der Waals surface area contributed by atoms with Gasteiger partial charge in [-0.2, -0.15) is 0 Å². The Bertz CT molecular complexity index is 1520. The quantitative estimate of drug-likeness (QED) is 0.279. The molecule has 11 nitrogen and oxygen atoms in total. The first-order valence-corrected chi connectivity index (χ1v) is 15.8. The SMILES string of the molecule is CC(=O)N1CCN(Cc2cnc(NC(=O)/C(=N/OCc3ccccn3)c3ccc(S(=O)(=O)C4CC4)cc3)s2)C[C@@H]1C. The Labute approximate surface area is 243 Å². The normalized spacial score (nSPS) is 18.2. The molecule has 1 aliphatic heterocycles. The standard InChI is InChI=1S/C28H32N6O5S2/c1-19-16-33(13-14-34(19)20(2)35)17-23-15-30-28(40-23)31-27(36)26(32-39-18-22-5-3-4-12-29-22)21-6-8-24(9-7-21)41(37,38)25-10-11-25/h3-9,12,15,19,25H,10-11,13-14,16-18H2,1-2H3,(H,30,31,36)/b32-26+/t19-/m0/s1. The summed E-state index contributed by atoms with van der Waals surface area (Å²) in [4.78, 5) is 44.5. The average molecular weight is 597 g/mol. The molecule has 1 atom stereocenters. The second kappa shape index (κ2) is 12.5. The highest BCUT2D eigenvalue weighted by Gasteiger charge is 2.37. The van der Waals surface area contributed by atoms with Crippen LogP contribution < -0.4 is 5.32 Å². The lowest BCUT2D eigenvalue weighted by molar-refractivity contribution is -0.133. The predicted molar refractivity (Wildman–Crippen MR) is 155 cm³/mol. The largest absolute Gasteiger partial charge is 0.389 e. The van der Waals surface area contributed by atoms with Crippen molar-refractivity contribution in [3.63, 3.8) is 0 Å². The molecule has 2 aromatic heterocycles. The van der Waals surface area contributed by atoms with Crippen molar-refractivity contribution in [1.82, 2.24) is 19.8 Å². The molecule has 0 radical (unpaired) electrons. The fourth-order valence-corrected chi connectivity index (χ4v) is 7.21. The Hall–Kier alpha value is -3.68. The molecule has 41 heavy (non-hydrogen) atoms. The summed E-state index contributed by atoms with van der Waals surface area (Å²) in [5.41, 5.74) is 1.04. The summed E-state index contributed by atoms with van der Waals surface area (Å²) in [6.07, 6.45) is 4.71. The van der Waals surface area contributed by atoms with E-state index in [4.69, 9.17) is 4.84 Å². The second-order valence-corrected chi connectivity index (χ2v) is 13.5. The Morgan fingerprint density at radius 2 is 1.90 bits per heavy atom. The number of piperazine rings is 1. The highest BCUT2D eigenvalue weighted by molar-refractivity contribution is 7.92. The third-order valence-corrected chi connectivity index (χ3v) is 10.2. The van der Waals surface area contributed by atoms with Gasteiger partial charge in [0.05, 0.1) is 15.8 Å². The van der Waals surface area contributed by atoms with Gasteiger partial charge in [-0.3, -0.25) is 24.8 Å². The fourth-order valence-electron chi connectivity index (χ4n) is 4.70. The molecular formula is C28H32N6O5S2. The topological polar surface area (TPSA) is 134 Å². The molecule has 1 saturated heterocycles.